The third-order valence-electron chi connectivity index (χ3n) is 3.90. The van der Waals surface area contributed by atoms with E-state index >= 15 is 0 Å². The van der Waals surface area contributed by atoms with E-state index in [1.165, 1.54) is 23.9 Å². The molecular formula is C15H26N4O2. The molecule has 118 valence electrons. The van der Waals surface area contributed by atoms with Crippen molar-refractivity contribution in [3.8, 4) is 0 Å². The molecule has 1 aromatic rings. The maximum absolute atomic E-state index is 12.1. The molecule has 2 rings (SSSR count). The summed E-state index contributed by atoms with van der Waals surface area (Å²) in [5, 5.41) is 4.29. The molecule has 0 bridgehead atoms. The SMILES string of the molecule is CCOC(CN)CCn1ncc(N2CCCCC2)cc1=O. The largest absolute Gasteiger partial charge is 0.377 e. The summed E-state index contributed by atoms with van der Waals surface area (Å²) < 4.78 is 6.99. The molecule has 6 heteroatoms. The van der Waals surface area contributed by atoms with Crippen LogP contribution in [0.4, 0.5) is 5.69 Å². The molecule has 0 spiro atoms. The van der Waals surface area contributed by atoms with Crippen molar-refractivity contribution in [1.29, 1.82) is 0 Å². The van der Waals surface area contributed by atoms with Gasteiger partial charge in [-0.05, 0) is 32.6 Å². The Kier molecular flexibility index (Phi) is 6.20. The predicted octanol–water partition coefficient (Wildman–Crippen LogP) is 0.987. The molecule has 1 aliphatic heterocycles. The molecular weight excluding hydrogens is 268 g/mol. The Hall–Kier alpha value is -1.40. The minimum atomic E-state index is -0.0506. The Morgan fingerprint density at radius 2 is 2.14 bits per heavy atom. The number of aryl methyl sites for hydroxylation is 1. The number of rotatable bonds is 7. The molecule has 2 heterocycles. The third-order valence-corrected chi connectivity index (χ3v) is 3.90. The quantitative estimate of drug-likeness (QED) is 0.812. The lowest BCUT2D eigenvalue weighted by Crippen LogP contribution is -2.33. The van der Waals surface area contributed by atoms with E-state index < -0.39 is 0 Å². The summed E-state index contributed by atoms with van der Waals surface area (Å²) in [6.45, 7) is 5.63. The molecule has 1 unspecified atom stereocenters. The van der Waals surface area contributed by atoms with Gasteiger partial charge in [0.15, 0.2) is 0 Å². The minimum Gasteiger partial charge on any atom is -0.377 e. The first-order chi connectivity index (χ1) is 10.2. The van der Waals surface area contributed by atoms with Crippen molar-refractivity contribution in [1.82, 2.24) is 9.78 Å². The number of hydrogen-bond acceptors (Lipinski definition) is 5. The lowest BCUT2D eigenvalue weighted by Gasteiger charge is -2.28. The highest BCUT2D eigenvalue weighted by Gasteiger charge is 2.13. The van der Waals surface area contributed by atoms with Crippen LogP contribution in [0.3, 0.4) is 0 Å². The first-order valence-corrected chi connectivity index (χ1v) is 7.88. The maximum Gasteiger partial charge on any atom is 0.268 e. The Morgan fingerprint density at radius 3 is 2.76 bits per heavy atom. The summed E-state index contributed by atoms with van der Waals surface area (Å²) in [6.07, 6.45) is 6.15. The van der Waals surface area contributed by atoms with Crippen molar-refractivity contribution in [2.75, 3.05) is 31.1 Å². The molecule has 0 radical (unpaired) electrons. The van der Waals surface area contributed by atoms with Gasteiger partial charge < -0.3 is 15.4 Å². The zero-order valence-electron chi connectivity index (χ0n) is 12.8. The van der Waals surface area contributed by atoms with Gasteiger partial charge >= 0.3 is 0 Å². The minimum absolute atomic E-state index is 0.00882. The molecule has 1 aliphatic rings. The highest BCUT2D eigenvalue weighted by atomic mass is 16.5. The normalized spacial score (nSPS) is 17.0. The summed E-state index contributed by atoms with van der Waals surface area (Å²) >= 11 is 0. The van der Waals surface area contributed by atoms with Gasteiger partial charge in [0.1, 0.15) is 0 Å². The summed E-state index contributed by atoms with van der Waals surface area (Å²) in [6, 6.07) is 1.69. The Balaban J connectivity index is 1.97. The average molecular weight is 294 g/mol. The van der Waals surface area contributed by atoms with Gasteiger partial charge in [-0.3, -0.25) is 4.79 Å². The lowest BCUT2D eigenvalue weighted by molar-refractivity contribution is 0.0589. The van der Waals surface area contributed by atoms with Gasteiger partial charge in [-0.25, -0.2) is 4.68 Å². The topological polar surface area (TPSA) is 73.4 Å². The van der Waals surface area contributed by atoms with Gasteiger partial charge in [-0.2, -0.15) is 5.10 Å². The standard InChI is InChI=1S/C15H26N4O2/c1-2-21-14(11-16)6-9-19-15(20)10-13(12-17-19)18-7-4-3-5-8-18/h10,12,14H,2-9,11,16H2,1H3. The molecule has 1 aromatic heterocycles. The van der Waals surface area contributed by atoms with Gasteiger partial charge in [-0.1, -0.05) is 0 Å². The number of ether oxygens (including phenoxy) is 1. The van der Waals surface area contributed by atoms with Crippen LogP contribution in [0.15, 0.2) is 17.1 Å². The zero-order valence-corrected chi connectivity index (χ0v) is 12.8. The number of nitrogens with zero attached hydrogens (tertiary/aromatic N) is 3. The first kappa shape index (κ1) is 16.0. The fourth-order valence-electron chi connectivity index (χ4n) is 2.69. The highest BCUT2D eigenvalue weighted by Crippen LogP contribution is 2.16. The number of hydrogen-bond donors (Lipinski definition) is 1. The molecule has 6 nitrogen and oxygen atoms in total. The summed E-state index contributed by atoms with van der Waals surface area (Å²) in [5.74, 6) is 0. The van der Waals surface area contributed by atoms with E-state index in [1.54, 1.807) is 12.3 Å². The van der Waals surface area contributed by atoms with Crippen molar-refractivity contribution >= 4 is 5.69 Å². The van der Waals surface area contributed by atoms with E-state index in [0.717, 1.165) is 18.8 Å². The van der Waals surface area contributed by atoms with Crippen LogP contribution < -0.4 is 16.2 Å². The van der Waals surface area contributed by atoms with Gasteiger partial charge in [0.25, 0.3) is 5.56 Å². The maximum atomic E-state index is 12.1. The molecule has 0 aromatic carbocycles. The van der Waals surface area contributed by atoms with Crippen molar-refractivity contribution in [3.63, 3.8) is 0 Å². The molecule has 1 fully saturated rings. The number of piperidine rings is 1. The molecule has 21 heavy (non-hydrogen) atoms. The van der Waals surface area contributed by atoms with Crippen LogP contribution in [-0.4, -0.2) is 42.1 Å². The third kappa shape index (κ3) is 4.54. The van der Waals surface area contributed by atoms with Gasteiger partial charge in [-0.15, -0.1) is 0 Å². The Labute approximate surface area is 125 Å². The van der Waals surface area contributed by atoms with Crippen LogP contribution in [0.25, 0.3) is 0 Å². The second-order valence-corrected chi connectivity index (χ2v) is 5.42. The number of anilines is 1. The number of nitrogens with two attached hydrogens (primary N) is 1. The Morgan fingerprint density at radius 1 is 1.38 bits per heavy atom. The zero-order chi connectivity index (χ0) is 15.1. The summed E-state index contributed by atoms with van der Waals surface area (Å²) in [4.78, 5) is 14.4. The van der Waals surface area contributed by atoms with E-state index in [4.69, 9.17) is 10.5 Å². The fraction of sp³-hybridized carbons (Fsp3) is 0.733. The molecule has 0 aliphatic carbocycles. The first-order valence-electron chi connectivity index (χ1n) is 7.88. The molecule has 2 N–H and O–H groups in total. The van der Waals surface area contributed by atoms with Crippen molar-refractivity contribution in [3.05, 3.63) is 22.6 Å². The second-order valence-electron chi connectivity index (χ2n) is 5.42. The van der Waals surface area contributed by atoms with Crippen molar-refractivity contribution < 1.29 is 4.74 Å². The highest BCUT2D eigenvalue weighted by molar-refractivity contribution is 5.43. The van der Waals surface area contributed by atoms with Gasteiger partial charge in [0.05, 0.1) is 18.0 Å². The van der Waals surface area contributed by atoms with Crippen LogP contribution in [0.5, 0.6) is 0 Å². The molecule has 0 amide bonds. The molecule has 1 atom stereocenters. The Bertz CT molecular complexity index is 483. The van der Waals surface area contributed by atoms with Crippen LogP contribution in [0.1, 0.15) is 32.6 Å². The van der Waals surface area contributed by atoms with E-state index in [0.29, 0.717) is 26.1 Å². The van der Waals surface area contributed by atoms with Crippen LogP contribution in [0, 0.1) is 0 Å². The van der Waals surface area contributed by atoms with E-state index in [1.807, 2.05) is 6.92 Å². The van der Waals surface area contributed by atoms with Gasteiger partial charge in [0.2, 0.25) is 0 Å². The molecule has 0 saturated carbocycles. The second kappa shape index (κ2) is 8.14. The lowest BCUT2D eigenvalue weighted by atomic mass is 10.1. The van der Waals surface area contributed by atoms with Gasteiger partial charge in [0, 0.05) is 38.9 Å². The van der Waals surface area contributed by atoms with Crippen LogP contribution in [-0.2, 0) is 11.3 Å². The van der Waals surface area contributed by atoms with Crippen molar-refractivity contribution in [2.45, 2.75) is 45.3 Å². The smallest absolute Gasteiger partial charge is 0.268 e. The van der Waals surface area contributed by atoms with E-state index in [2.05, 4.69) is 10.00 Å². The molecule has 1 saturated heterocycles. The summed E-state index contributed by atoms with van der Waals surface area (Å²) in [7, 11) is 0. The predicted molar refractivity (Wildman–Crippen MR) is 83.6 cm³/mol. The monoisotopic (exact) mass is 294 g/mol. The van der Waals surface area contributed by atoms with Crippen LogP contribution >= 0.6 is 0 Å². The van der Waals surface area contributed by atoms with E-state index in [-0.39, 0.29) is 11.7 Å². The average Bonchev–Trinajstić information content (AvgIpc) is 2.53. The van der Waals surface area contributed by atoms with Crippen molar-refractivity contribution in [2.24, 2.45) is 5.73 Å². The summed E-state index contributed by atoms with van der Waals surface area (Å²) in [5.41, 5.74) is 6.53. The van der Waals surface area contributed by atoms with Crippen LogP contribution in [0.2, 0.25) is 0 Å². The fourth-order valence-corrected chi connectivity index (χ4v) is 2.69. The number of aromatic nitrogens is 2. The van der Waals surface area contributed by atoms with E-state index in [9.17, 15) is 4.79 Å².